The number of anilines is 1. The Hall–Kier alpha value is -1.65. The van der Waals surface area contributed by atoms with E-state index in [1.807, 2.05) is 0 Å². The van der Waals surface area contributed by atoms with E-state index >= 15 is 0 Å². The van der Waals surface area contributed by atoms with Crippen molar-refractivity contribution in [3.8, 4) is 0 Å². The van der Waals surface area contributed by atoms with E-state index in [1.54, 1.807) is 0 Å². The Kier molecular flexibility index (Phi) is 2.77. The van der Waals surface area contributed by atoms with Crippen LogP contribution in [0, 0.1) is 11.6 Å². The summed E-state index contributed by atoms with van der Waals surface area (Å²) in [6.45, 7) is 0. The summed E-state index contributed by atoms with van der Waals surface area (Å²) in [4.78, 5) is 11.4. The van der Waals surface area contributed by atoms with Gasteiger partial charge in [-0.25, -0.2) is 8.78 Å². The molecular weight excluding hydrogens is 228 g/mol. The fourth-order valence-electron chi connectivity index (χ4n) is 2.56. The largest absolute Gasteiger partial charge is 0.481 e. The summed E-state index contributed by atoms with van der Waals surface area (Å²) in [5.41, 5.74) is 4.14. The third-order valence-corrected chi connectivity index (χ3v) is 3.48. The monoisotopic (exact) mass is 241 g/mol. The first kappa shape index (κ1) is 11.8. The number of carboxylic acids is 1. The Bertz CT molecular complexity index is 468. The first-order valence-electron chi connectivity index (χ1n) is 5.46. The van der Waals surface area contributed by atoms with Gasteiger partial charge in [0.15, 0.2) is 0 Å². The summed E-state index contributed by atoms with van der Waals surface area (Å²) in [6.07, 6.45) is 2.19. The number of benzene rings is 1. The number of rotatable bonds is 2. The molecule has 1 aromatic rings. The van der Waals surface area contributed by atoms with Gasteiger partial charge >= 0.3 is 5.97 Å². The highest BCUT2D eigenvalue weighted by molar-refractivity contribution is 5.84. The lowest BCUT2D eigenvalue weighted by Gasteiger charge is -2.26. The molecule has 5 heteroatoms. The van der Waals surface area contributed by atoms with E-state index in [2.05, 4.69) is 0 Å². The molecule has 0 unspecified atom stereocenters. The minimum absolute atomic E-state index is 0.0694. The van der Waals surface area contributed by atoms with Crippen molar-refractivity contribution in [2.24, 2.45) is 0 Å². The van der Waals surface area contributed by atoms with E-state index < -0.39 is 23.0 Å². The van der Waals surface area contributed by atoms with Gasteiger partial charge in [-0.3, -0.25) is 4.79 Å². The number of hydrogen-bond acceptors (Lipinski definition) is 2. The van der Waals surface area contributed by atoms with Gasteiger partial charge in [0, 0.05) is 6.07 Å². The summed E-state index contributed by atoms with van der Waals surface area (Å²) >= 11 is 0. The molecule has 0 aliphatic heterocycles. The van der Waals surface area contributed by atoms with Crippen LogP contribution in [0.4, 0.5) is 14.5 Å². The van der Waals surface area contributed by atoms with E-state index in [0.717, 1.165) is 18.9 Å². The highest BCUT2D eigenvalue weighted by atomic mass is 19.1. The summed E-state index contributed by atoms with van der Waals surface area (Å²) < 4.78 is 26.6. The Morgan fingerprint density at radius 3 is 2.41 bits per heavy atom. The van der Waals surface area contributed by atoms with E-state index in [9.17, 15) is 18.7 Å². The molecule has 0 atom stereocenters. The third-order valence-electron chi connectivity index (χ3n) is 3.48. The molecule has 92 valence electrons. The van der Waals surface area contributed by atoms with Gasteiger partial charge in [0.05, 0.1) is 11.1 Å². The molecule has 2 rings (SSSR count). The molecule has 1 aliphatic carbocycles. The Morgan fingerprint density at radius 2 is 1.88 bits per heavy atom. The standard InChI is InChI=1S/C12H13F2NO2/c13-7-5-8(10(15)9(14)6-7)12(11(16)17)3-1-2-4-12/h5-6H,1-4,15H2,(H,16,17). The van der Waals surface area contributed by atoms with Crippen molar-refractivity contribution in [3.05, 3.63) is 29.3 Å². The molecule has 3 N–H and O–H groups in total. The zero-order valence-electron chi connectivity index (χ0n) is 9.17. The lowest BCUT2D eigenvalue weighted by Crippen LogP contribution is -2.33. The molecule has 17 heavy (non-hydrogen) atoms. The van der Waals surface area contributed by atoms with Crippen LogP contribution in [0.2, 0.25) is 0 Å². The molecule has 0 spiro atoms. The van der Waals surface area contributed by atoms with Crippen LogP contribution in [-0.4, -0.2) is 11.1 Å². The molecule has 0 bridgehead atoms. The number of aliphatic carboxylic acids is 1. The fraction of sp³-hybridized carbons (Fsp3) is 0.417. The normalized spacial score (nSPS) is 18.2. The van der Waals surface area contributed by atoms with Crippen molar-refractivity contribution in [3.63, 3.8) is 0 Å². The molecule has 1 aromatic carbocycles. The van der Waals surface area contributed by atoms with Crippen molar-refractivity contribution in [1.29, 1.82) is 0 Å². The molecule has 0 amide bonds. The van der Waals surface area contributed by atoms with Crippen LogP contribution in [0.3, 0.4) is 0 Å². The summed E-state index contributed by atoms with van der Waals surface area (Å²) in [5.74, 6) is -2.75. The second-order valence-corrected chi connectivity index (χ2v) is 4.44. The van der Waals surface area contributed by atoms with Gasteiger partial charge < -0.3 is 10.8 Å². The molecule has 0 aromatic heterocycles. The summed E-state index contributed by atoms with van der Waals surface area (Å²) in [7, 11) is 0. The smallest absolute Gasteiger partial charge is 0.314 e. The lowest BCUT2D eigenvalue weighted by molar-refractivity contribution is -0.143. The molecule has 0 saturated heterocycles. The second kappa shape index (κ2) is 3.98. The van der Waals surface area contributed by atoms with Crippen molar-refractivity contribution in [2.75, 3.05) is 5.73 Å². The van der Waals surface area contributed by atoms with Crippen molar-refractivity contribution in [2.45, 2.75) is 31.1 Å². The van der Waals surface area contributed by atoms with Crippen LogP contribution in [-0.2, 0) is 10.2 Å². The Labute approximate surface area is 97.2 Å². The van der Waals surface area contributed by atoms with E-state index in [4.69, 9.17) is 5.73 Å². The highest BCUT2D eigenvalue weighted by Gasteiger charge is 2.44. The average Bonchev–Trinajstić information content (AvgIpc) is 2.73. The van der Waals surface area contributed by atoms with E-state index in [-0.39, 0.29) is 11.3 Å². The van der Waals surface area contributed by atoms with Gasteiger partial charge in [-0.15, -0.1) is 0 Å². The maximum absolute atomic E-state index is 13.4. The predicted molar refractivity (Wildman–Crippen MR) is 58.6 cm³/mol. The number of nitrogens with two attached hydrogens (primary N) is 1. The molecule has 1 aliphatic rings. The van der Waals surface area contributed by atoms with Crippen LogP contribution in [0.25, 0.3) is 0 Å². The van der Waals surface area contributed by atoms with Crippen LogP contribution < -0.4 is 5.73 Å². The third kappa shape index (κ3) is 1.75. The van der Waals surface area contributed by atoms with Gasteiger partial charge in [0.2, 0.25) is 0 Å². The molecule has 3 nitrogen and oxygen atoms in total. The van der Waals surface area contributed by atoms with Gasteiger partial charge in [-0.05, 0) is 24.5 Å². The minimum Gasteiger partial charge on any atom is -0.481 e. The van der Waals surface area contributed by atoms with E-state index in [1.165, 1.54) is 0 Å². The van der Waals surface area contributed by atoms with Gasteiger partial charge in [0.1, 0.15) is 11.6 Å². The number of nitrogen functional groups attached to an aromatic ring is 1. The van der Waals surface area contributed by atoms with Crippen LogP contribution in [0.5, 0.6) is 0 Å². The number of carbonyl (C=O) groups is 1. The fourth-order valence-corrected chi connectivity index (χ4v) is 2.56. The first-order chi connectivity index (χ1) is 7.97. The first-order valence-corrected chi connectivity index (χ1v) is 5.46. The van der Waals surface area contributed by atoms with Crippen molar-refractivity contribution in [1.82, 2.24) is 0 Å². The zero-order valence-corrected chi connectivity index (χ0v) is 9.17. The average molecular weight is 241 g/mol. The Balaban J connectivity index is 2.62. The summed E-state index contributed by atoms with van der Waals surface area (Å²) in [6, 6.07) is 1.71. The zero-order chi connectivity index (χ0) is 12.6. The number of hydrogen-bond donors (Lipinski definition) is 2. The predicted octanol–water partition coefficient (Wildman–Crippen LogP) is 2.44. The van der Waals surface area contributed by atoms with Crippen LogP contribution >= 0.6 is 0 Å². The molecule has 1 saturated carbocycles. The second-order valence-electron chi connectivity index (χ2n) is 4.44. The van der Waals surface area contributed by atoms with Gasteiger partial charge in [0.25, 0.3) is 0 Å². The molecule has 0 radical (unpaired) electrons. The number of carboxylic acid groups (broad SMARTS) is 1. The number of halogens is 2. The maximum atomic E-state index is 13.4. The van der Waals surface area contributed by atoms with Crippen molar-refractivity contribution < 1.29 is 18.7 Å². The SMILES string of the molecule is Nc1c(F)cc(F)cc1C1(C(=O)O)CCCC1. The highest BCUT2D eigenvalue weighted by Crippen LogP contribution is 2.44. The summed E-state index contributed by atoms with van der Waals surface area (Å²) in [5, 5.41) is 9.32. The lowest BCUT2D eigenvalue weighted by atomic mass is 9.78. The quantitative estimate of drug-likeness (QED) is 0.782. The Morgan fingerprint density at radius 1 is 1.29 bits per heavy atom. The topological polar surface area (TPSA) is 63.3 Å². The van der Waals surface area contributed by atoms with Crippen molar-refractivity contribution >= 4 is 11.7 Å². The van der Waals surface area contributed by atoms with Gasteiger partial charge in [-0.1, -0.05) is 12.8 Å². The maximum Gasteiger partial charge on any atom is 0.314 e. The molecule has 1 fully saturated rings. The van der Waals surface area contributed by atoms with Crippen LogP contribution in [0.1, 0.15) is 31.2 Å². The minimum atomic E-state index is -1.23. The molecular formula is C12H13F2NO2. The molecule has 0 heterocycles. The van der Waals surface area contributed by atoms with E-state index in [0.29, 0.717) is 18.9 Å². The van der Waals surface area contributed by atoms with Gasteiger partial charge in [-0.2, -0.15) is 0 Å². The van der Waals surface area contributed by atoms with Crippen LogP contribution in [0.15, 0.2) is 12.1 Å².